The number of hydrogen-bond acceptors (Lipinski definition) is 5. The van der Waals surface area contributed by atoms with E-state index in [1.54, 1.807) is 0 Å². The molecule has 1 atom stereocenters. The molecule has 2 heterocycles. The van der Waals surface area contributed by atoms with Gasteiger partial charge in [0.2, 0.25) is 0 Å². The number of aryl methyl sites for hydroxylation is 4. The van der Waals surface area contributed by atoms with E-state index >= 15 is 0 Å². The van der Waals surface area contributed by atoms with Gasteiger partial charge in [-0.1, -0.05) is 12.1 Å². The predicted molar refractivity (Wildman–Crippen MR) is 138 cm³/mol. The number of esters is 1. The number of aromatic nitrogens is 2. The molecular weight excluding hydrogens is 436 g/mol. The van der Waals surface area contributed by atoms with Crippen molar-refractivity contribution in [3.8, 4) is 17.0 Å². The van der Waals surface area contributed by atoms with Crippen LogP contribution in [0.15, 0.2) is 48.7 Å². The van der Waals surface area contributed by atoms with Crippen LogP contribution in [0, 0.1) is 19.8 Å². The number of pyridine rings is 2. The SMILES string of the molecule is Cc1ccnc(COc2ccc(C)nc2-c2ccc3c(c2)CCC(CC(=O)OC(C)(C)C)CC3)c1. The Hall–Kier alpha value is -3.21. The highest BCUT2D eigenvalue weighted by Crippen LogP contribution is 2.34. The number of fused-ring (bicyclic) bond motifs is 1. The molecule has 2 aromatic heterocycles. The molecule has 5 heteroatoms. The van der Waals surface area contributed by atoms with Gasteiger partial charge in [0.25, 0.3) is 0 Å². The lowest BCUT2D eigenvalue weighted by molar-refractivity contribution is -0.156. The zero-order valence-electron chi connectivity index (χ0n) is 21.6. The van der Waals surface area contributed by atoms with E-state index in [2.05, 4.69) is 30.1 Å². The van der Waals surface area contributed by atoms with Crippen LogP contribution in [0.5, 0.6) is 5.75 Å². The number of hydrogen-bond donors (Lipinski definition) is 0. The fourth-order valence-electron chi connectivity index (χ4n) is 4.63. The van der Waals surface area contributed by atoms with Gasteiger partial charge in [0.1, 0.15) is 23.7 Å². The van der Waals surface area contributed by atoms with Gasteiger partial charge in [-0.05, 0) is 113 Å². The second kappa shape index (κ2) is 10.6. The maximum Gasteiger partial charge on any atom is 0.306 e. The van der Waals surface area contributed by atoms with Crippen LogP contribution in [0.4, 0.5) is 0 Å². The van der Waals surface area contributed by atoms with Gasteiger partial charge in [-0.15, -0.1) is 0 Å². The van der Waals surface area contributed by atoms with Crippen LogP contribution in [0.1, 0.15) is 68.1 Å². The van der Waals surface area contributed by atoms with Gasteiger partial charge in [0, 0.05) is 23.9 Å². The molecule has 0 radical (unpaired) electrons. The van der Waals surface area contributed by atoms with Crippen molar-refractivity contribution >= 4 is 5.97 Å². The third-order valence-electron chi connectivity index (χ3n) is 6.34. The standard InChI is InChI=1S/C30H36N2O3/c1-20-14-15-31-26(16-20)19-34-27-13-6-21(2)32-29(27)25-12-11-23-9-7-22(8-10-24(23)18-25)17-28(33)35-30(3,4)5/h6,11-16,18,22H,7-10,17,19H2,1-5H3. The van der Waals surface area contributed by atoms with Crippen LogP contribution >= 0.6 is 0 Å². The van der Waals surface area contributed by atoms with Crippen LogP contribution in [0.3, 0.4) is 0 Å². The van der Waals surface area contributed by atoms with Gasteiger partial charge in [0.15, 0.2) is 0 Å². The zero-order valence-corrected chi connectivity index (χ0v) is 21.6. The summed E-state index contributed by atoms with van der Waals surface area (Å²) < 4.78 is 11.7. The van der Waals surface area contributed by atoms with Crippen LogP contribution in [-0.4, -0.2) is 21.5 Å². The zero-order chi connectivity index (χ0) is 25.0. The van der Waals surface area contributed by atoms with Crippen molar-refractivity contribution < 1.29 is 14.3 Å². The fraction of sp³-hybridized carbons (Fsp3) is 0.433. The molecule has 3 aromatic rings. The first-order chi connectivity index (χ1) is 16.7. The molecule has 0 bridgehead atoms. The molecule has 184 valence electrons. The van der Waals surface area contributed by atoms with Crippen molar-refractivity contribution in [2.45, 2.75) is 78.9 Å². The molecular formula is C30H36N2O3. The number of carbonyl (C=O) groups is 1. The largest absolute Gasteiger partial charge is 0.485 e. The normalized spacial score (nSPS) is 15.7. The molecule has 35 heavy (non-hydrogen) atoms. The summed E-state index contributed by atoms with van der Waals surface area (Å²) in [5.74, 6) is 1.01. The molecule has 1 aliphatic carbocycles. The van der Waals surface area contributed by atoms with E-state index < -0.39 is 5.60 Å². The smallest absolute Gasteiger partial charge is 0.306 e. The van der Waals surface area contributed by atoms with Gasteiger partial charge in [0.05, 0.1) is 5.69 Å². The maximum absolute atomic E-state index is 12.4. The average Bonchev–Trinajstić information content (AvgIpc) is 2.99. The highest BCUT2D eigenvalue weighted by molar-refractivity contribution is 5.70. The molecule has 5 nitrogen and oxygen atoms in total. The molecule has 0 spiro atoms. The second-order valence-electron chi connectivity index (χ2n) is 10.6. The first kappa shape index (κ1) is 24.9. The Morgan fingerprint density at radius 3 is 2.51 bits per heavy atom. The monoisotopic (exact) mass is 472 g/mol. The molecule has 0 fully saturated rings. The quantitative estimate of drug-likeness (QED) is 0.300. The summed E-state index contributed by atoms with van der Waals surface area (Å²) >= 11 is 0. The number of ether oxygens (including phenoxy) is 2. The topological polar surface area (TPSA) is 61.3 Å². The van der Waals surface area contributed by atoms with Gasteiger partial charge in [-0.2, -0.15) is 0 Å². The van der Waals surface area contributed by atoms with Crippen molar-refractivity contribution in [1.29, 1.82) is 0 Å². The number of carbonyl (C=O) groups excluding carboxylic acids is 1. The number of rotatable bonds is 6. The van der Waals surface area contributed by atoms with Crippen LogP contribution in [0.2, 0.25) is 0 Å². The highest BCUT2D eigenvalue weighted by Gasteiger charge is 2.23. The van der Waals surface area contributed by atoms with E-state index in [9.17, 15) is 4.79 Å². The Kier molecular flexibility index (Phi) is 7.54. The lowest BCUT2D eigenvalue weighted by Gasteiger charge is -2.21. The highest BCUT2D eigenvalue weighted by atomic mass is 16.6. The second-order valence-corrected chi connectivity index (χ2v) is 10.6. The van der Waals surface area contributed by atoms with Crippen molar-refractivity contribution in [3.63, 3.8) is 0 Å². The molecule has 0 saturated heterocycles. The summed E-state index contributed by atoms with van der Waals surface area (Å²) in [4.78, 5) is 21.6. The minimum Gasteiger partial charge on any atom is -0.485 e. The first-order valence-electron chi connectivity index (χ1n) is 12.5. The number of benzene rings is 1. The van der Waals surface area contributed by atoms with Crippen molar-refractivity contribution in [2.24, 2.45) is 5.92 Å². The van der Waals surface area contributed by atoms with Crippen LogP contribution in [0.25, 0.3) is 11.3 Å². The van der Waals surface area contributed by atoms with E-state index in [1.807, 2.05) is 58.2 Å². The Bertz CT molecular complexity index is 1200. The lowest BCUT2D eigenvalue weighted by atomic mass is 9.96. The van der Waals surface area contributed by atoms with E-state index in [4.69, 9.17) is 14.5 Å². The van der Waals surface area contributed by atoms with Gasteiger partial charge in [-0.25, -0.2) is 4.98 Å². The summed E-state index contributed by atoms with van der Waals surface area (Å²) in [5, 5.41) is 0. The summed E-state index contributed by atoms with van der Waals surface area (Å²) in [6.07, 6.45) is 6.22. The van der Waals surface area contributed by atoms with E-state index in [0.29, 0.717) is 18.9 Å². The molecule has 1 aliphatic rings. The molecule has 1 unspecified atom stereocenters. The third-order valence-corrected chi connectivity index (χ3v) is 6.34. The van der Waals surface area contributed by atoms with E-state index in [-0.39, 0.29) is 5.97 Å². The summed E-state index contributed by atoms with van der Waals surface area (Å²) in [7, 11) is 0. The molecule has 0 amide bonds. The van der Waals surface area contributed by atoms with E-state index in [0.717, 1.165) is 59.6 Å². The molecule has 1 aromatic carbocycles. The van der Waals surface area contributed by atoms with Crippen LogP contribution in [-0.2, 0) is 29.0 Å². The Morgan fingerprint density at radius 1 is 1.00 bits per heavy atom. The average molecular weight is 473 g/mol. The molecule has 0 saturated carbocycles. The Labute approximate surface area is 208 Å². The summed E-state index contributed by atoms with van der Waals surface area (Å²) in [6, 6.07) is 14.6. The van der Waals surface area contributed by atoms with E-state index in [1.165, 1.54) is 11.1 Å². The summed E-state index contributed by atoms with van der Waals surface area (Å²) in [5.41, 5.74) is 7.19. The lowest BCUT2D eigenvalue weighted by Crippen LogP contribution is -2.25. The van der Waals surface area contributed by atoms with Gasteiger partial charge >= 0.3 is 5.97 Å². The Balaban J connectivity index is 1.50. The first-order valence-corrected chi connectivity index (χ1v) is 12.5. The van der Waals surface area contributed by atoms with Gasteiger partial charge < -0.3 is 9.47 Å². The minimum absolute atomic E-state index is 0.0944. The minimum atomic E-state index is -0.435. The molecule has 0 aliphatic heterocycles. The third kappa shape index (κ3) is 6.91. The number of nitrogens with zero attached hydrogens (tertiary/aromatic N) is 2. The molecule has 0 N–H and O–H groups in total. The summed E-state index contributed by atoms with van der Waals surface area (Å²) in [6.45, 7) is 10.2. The van der Waals surface area contributed by atoms with Crippen molar-refractivity contribution in [2.75, 3.05) is 0 Å². The fourth-order valence-corrected chi connectivity index (χ4v) is 4.63. The predicted octanol–water partition coefficient (Wildman–Crippen LogP) is 6.57. The van der Waals surface area contributed by atoms with Crippen LogP contribution < -0.4 is 4.74 Å². The Morgan fingerprint density at radius 2 is 1.77 bits per heavy atom. The van der Waals surface area contributed by atoms with Crippen molar-refractivity contribution in [1.82, 2.24) is 9.97 Å². The maximum atomic E-state index is 12.4. The van der Waals surface area contributed by atoms with Crippen molar-refractivity contribution in [3.05, 3.63) is 76.7 Å². The van der Waals surface area contributed by atoms with Gasteiger partial charge in [-0.3, -0.25) is 9.78 Å². The molecule has 4 rings (SSSR count).